The molecule has 0 spiro atoms. The molecule has 0 atom stereocenters. The van der Waals surface area contributed by atoms with Crippen LogP contribution in [0.25, 0.3) is 0 Å². The van der Waals surface area contributed by atoms with E-state index < -0.39 is 11.8 Å². The first-order valence-electron chi connectivity index (χ1n) is 4.97. The predicted octanol–water partition coefficient (Wildman–Crippen LogP) is 2.90. The van der Waals surface area contributed by atoms with Crippen LogP contribution in [0.5, 0.6) is 0 Å². The lowest BCUT2D eigenvalue weighted by molar-refractivity contribution is -0.137. The van der Waals surface area contributed by atoms with E-state index in [0.29, 0.717) is 5.57 Å². The first-order chi connectivity index (χ1) is 6.74. The zero-order valence-corrected chi connectivity index (χ0v) is 8.38. The van der Waals surface area contributed by atoms with Gasteiger partial charge in [0, 0.05) is 0 Å². The molecule has 0 N–H and O–H groups in total. The van der Waals surface area contributed by atoms with E-state index in [4.69, 9.17) is 0 Å². The summed E-state index contributed by atoms with van der Waals surface area (Å²) in [6.45, 7) is 1.98. The van der Waals surface area contributed by atoms with Crippen molar-refractivity contribution >= 4 is 5.97 Å². The quantitative estimate of drug-likeness (QED) is 0.515. The van der Waals surface area contributed by atoms with Crippen LogP contribution in [-0.4, -0.2) is 12.6 Å². The summed E-state index contributed by atoms with van der Waals surface area (Å²) < 4.78 is 18.0. The van der Waals surface area contributed by atoms with Gasteiger partial charge in [0.15, 0.2) is 0 Å². The third kappa shape index (κ3) is 3.32. The molecule has 78 valence electrons. The molecule has 1 rings (SSSR count). The normalized spacial score (nSPS) is 17.6. The minimum absolute atomic E-state index is 0.279. The summed E-state index contributed by atoms with van der Waals surface area (Å²) in [6, 6.07) is 0. The van der Waals surface area contributed by atoms with Crippen LogP contribution in [0.3, 0.4) is 0 Å². The van der Waals surface area contributed by atoms with Crippen LogP contribution in [0, 0.1) is 0 Å². The Bertz CT molecular complexity index is 266. The van der Waals surface area contributed by atoms with Gasteiger partial charge in [0.05, 0.1) is 12.7 Å². The number of rotatable bonds is 3. The Balaban J connectivity index is 2.58. The summed E-state index contributed by atoms with van der Waals surface area (Å²) in [6.07, 6.45) is 6.52. The van der Waals surface area contributed by atoms with E-state index in [2.05, 4.69) is 4.74 Å². The fourth-order valence-corrected chi connectivity index (χ4v) is 1.44. The number of allylic oxidation sites excluding steroid dienone is 3. The number of hydrogen-bond acceptors (Lipinski definition) is 2. The van der Waals surface area contributed by atoms with E-state index >= 15 is 0 Å². The highest BCUT2D eigenvalue weighted by atomic mass is 19.1. The molecule has 1 aliphatic rings. The monoisotopic (exact) mass is 198 g/mol. The van der Waals surface area contributed by atoms with Crippen molar-refractivity contribution < 1.29 is 13.9 Å². The fraction of sp³-hybridized carbons (Fsp3) is 0.545. The predicted molar refractivity (Wildman–Crippen MR) is 52.4 cm³/mol. The molecule has 0 radical (unpaired) electrons. The molecule has 0 fully saturated rings. The molecule has 3 heteroatoms. The zero-order valence-electron chi connectivity index (χ0n) is 8.38. The Morgan fingerprint density at radius 3 is 3.00 bits per heavy atom. The lowest BCUT2D eigenvalue weighted by atomic mass is 9.98. The molecule has 0 aromatic rings. The van der Waals surface area contributed by atoms with E-state index in [-0.39, 0.29) is 6.61 Å². The summed E-state index contributed by atoms with van der Waals surface area (Å²) in [7, 11) is 0. The number of carbonyl (C=O) groups is 1. The lowest BCUT2D eigenvalue weighted by Crippen LogP contribution is -2.01. The second-order valence-electron chi connectivity index (χ2n) is 3.22. The molecule has 14 heavy (non-hydrogen) atoms. The number of carbonyl (C=O) groups excluding carboxylic acids is 1. The van der Waals surface area contributed by atoms with Crippen molar-refractivity contribution in [3.63, 3.8) is 0 Å². The molecule has 0 heterocycles. The van der Waals surface area contributed by atoms with Gasteiger partial charge in [-0.1, -0.05) is 6.08 Å². The van der Waals surface area contributed by atoms with Gasteiger partial charge in [0.2, 0.25) is 0 Å². The maximum atomic E-state index is 13.4. The van der Waals surface area contributed by atoms with E-state index in [1.807, 2.05) is 6.08 Å². The number of esters is 1. The van der Waals surface area contributed by atoms with E-state index in [1.54, 1.807) is 6.92 Å². The van der Waals surface area contributed by atoms with Crippen LogP contribution in [0.2, 0.25) is 0 Å². The van der Waals surface area contributed by atoms with Gasteiger partial charge in [-0.3, -0.25) is 0 Å². The van der Waals surface area contributed by atoms with Crippen LogP contribution in [0.4, 0.5) is 4.39 Å². The summed E-state index contributed by atoms with van der Waals surface area (Å²) in [5, 5.41) is 0. The zero-order chi connectivity index (χ0) is 10.4. The molecular formula is C11H15FO2. The van der Waals surface area contributed by atoms with Gasteiger partial charge in [0.25, 0.3) is 0 Å². The summed E-state index contributed by atoms with van der Waals surface area (Å²) in [5.74, 6) is -1.04. The first-order valence-corrected chi connectivity index (χ1v) is 4.97. The molecule has 1 aliphatic carbocycles. The largest absolute Gasteiger partial charge is 0.463 e. The fourth-order valence-electron chi connectivity index (χ4n) is 1.44. The molecule has 0 aromatic carbocycles. The third-order valence-electron chi connectivity index (χ3n) is 2.13. The van der Waals surface area contributed by atoms with E-state index in [9.17, 15) is 9.18 Å². The van der Waals surface area contributed by atoms with Gasteiger partial charge in [0.1, 0.15) is 5.83 Å². The van der Waals surface area contributed by atoms with Crippen LogP contribution in [-0.2, 0) is 9.53 Å². The molecule has 0 aliphatic heterocycles. The second-order valence-corrected chi connectivity index (χ2v) is 3.22. The third-order valence-corrected chi connectivity index (χ3v) is 2.13. The van der Waals surface area contributed by atoms with Crippen molar-refractivity contribution in [1.82, 2.24) is 0 Å². The van der Waals surface area contributed by atoms with Crippen LogP contribution in [0.1, 0.15) is 32.6 Å². The number of ether oxygens (including phenoxy) is 1. The Morgan fingerprint density at radius 2 is 2.43 bits per heavy atom. The molecule has 0 amide bonds. The molecule has 0 aromatic heterocycles. The molecule has 0 saturated carbocycles. The Morgan fingerprint density at radius 1 is 1.64 bits per heavy atom. The Kier molecular flexibility index (Phi) is 4.36. The average molecular weight is 198 g/mol. The average Bonchev–Trinajstić information content (AvgIpc) is 2.19. The van der Waals surface area contributed by atoms with Crippen molar-refractivity contribution in [2.24, 2.45) is 0 Å². The van der Waals surface area contributed by atoms with Crippen molar-refractivity contribution in [3.8, 4) is 0 Å². The van der Waals surface area contributed by atoms with Crippen molar-refractivity contribution in [2.45, 2.75) is 32.6 Å². The van der Waals surface area contributed by atoms with Gasteiger partial charge >= 0.3 is 5.97 Å². The number of halogens is 1. The van der Waals surface area contributed by atoms with Gasteiger partial charge in [-0.25, -0.2) is 9.18 Å². The molecule has 0 unspecified atom stereocenters. The van der Waals surface area contributed by atoms with Crippen molar-refractivity contribution in [3.05, 3.63) is 23.6 Å². The van der Waals surface area contributed by atoms with Crippen molar-refractivity contribution in [1.29, 1.82) is 0 Å². The van der Waals surface area contributed by atoms with Crippen molar-refractivity contribution in [2.75, 3.05) is 6.61 Å². The minimum atomic E-state index is -0.600. The van der Waals surface area contributed by atoms with E-state index in [1.165, 1.54) is 0 Å². The Hall–Kier alpha value is -1.12. The lowest BCUT2D eigenvalue weighted by Gasteiger charge is -2.10. The maximum absolute atomic E-state index is 13.4. The van der Waals surface area contributed by atoms with Gasteiger partial charge in [-0.15, -0.1) is 0 Å². The summed E-state index contributed by atoms with van der Waals surface area (Å²) in [5.41, 5.74) is 0.643. The van der Waals surface area contributed by atoms with Gasteiger partial charge in [-0.05, 0) is 38.2 Å². The van der Waals surface area contributed by atoms with E-state index in [0.717, 1.165) is 31.8 Å². The van der Waals surface area contributed by atoms with Crippen LogP contribution < -0.4 is 0 Å². The highest BCUT2D eigenvalue weighted by Gasteiger charge is 2.10. The standard InChI is InChI=1S/C11H15FO2/c1-2-14-11(13)8-10(12)9-6-4-3-5-7-9/h6,8H,2-5,7H2,1H3/b10-8-. The van der Waals surface area contributed by atoms with Crippen LogP contribution in [0.15, 0.2) is 23.6 Å². The highest BCUT2D eigenvalue weighted by Crippen LogP contribution is 2.24. The Labute approximate surface area is 83.4 Å². The molecular weight excluding hydrogens is 183 g/mol. The van der Waals surface area contributed by atoms with Gasteiger partial charge < -0.3 is 4.74 Å². The highest BCUT2D eigenvalue weighted by molar-refractivity contribution is 5.83. The first kappa shape index (κ1) is 11.0. The molecule has 0 bridgehead atoms. The topological polar surface area (TPSA) is 26.3 Å². The number of hydrogen-bond donors (Lipinski definition) is 0. The maximum Gasteiger partial charge on any atom is 0.333 e. The summed E-state index contributed by atoms with van der Waals surface area (Å²) >= 11 is 0. The molecule has 2 nitrogen and oxygen atoms in total. The van der Waals surface area contributed by atoms with Gasteiger partial charge in [-0.2, -0.15) is 0 Å². The second kappa shape index (κ2) is 5.58. The molecule has 0 saturated heterocycles. The smallest absolute Gasteiger partial charge is 0.333 e. The van der Waals surface area contributed by atoms with Crippen LogP contribution >= 0.6 is 0 Å². The SMILES string of the molecule is CCOC(=O)/C=C(\F)C1=CCCCC1. The summed E-state index contributed by atoms with van der Waals surface area (Å²) in [4.78, 5) is 10.9. The minimum Gasteiger partial charge on any atom is -0.463 e.